The number of aromatic nitrogens is 3. The smallest absolute Gasteiger partial charge is 0.164 e. The first-order chi connectivity index (χ1) is 25.9. The lowest BCUT2D eigenvalue weighted by molar-refractivity contribution is 0.363. The van der Waals surface area contributed by atoms with E-state index in [1.165, 1.54) is 22.3 Å². The van der Waals surface area contributed by atoms with E-state index in [1.54, 1.807) is 0 Å². The Hall–Kier alpha value is -6.65. The number of para-hydroxylation sites is 1. The Kier molecular flexibility index (Phi) is 8.01. The SMILES string of the molecule is C=C1/C=C\C=C/COc2c1cccc2-c1cc(-c2ccccc2)cc(-c2nc(-c3ccccc3)nc(-c3ccc4c(c3)C(C)(C)c3ccccc3-4)n2)c1. The highest BCUT2D eigenvalue weighted by molar-refractivity contribution is 5.88. The molecule has 9 rings (SSSR count). The van der Waals surface area contributed by atoms with Crippen molar-refractivity contribution in [3.05, 3.63) is 187 Å². The van der Waals surface area contributed by atoms with Crippen LogP contribution in [-0.4, -0.2) is 21.6 Å². The van der Waals surface area contributed by atoms with Crippen LogP contribution >= 0.6 is 0 Å². The first-order valence-electron chi connectivity index (χ1n) is 18.0. The van der Waals surface area contributed by atoms with E-state index in [1.807, 2.05) is 48.6 Å². The highest BCUT2D eigenvalue weighted by Gasteiger charge is 2.35. The van der Waals surface area contributed by atoms with Crippen LogP contribution in [0.4, 0.5) is 0 Å². The zero-order valence-corrected chi connectivity index (χ0v) is 29.8. The summed E-state index contributed by atoms with van der Waals surface area (Å²) in [6.07, 6.45) is 8.03. The van der Waals surface area contributed by atoms with Crippen molar-refractivity contribution in [3.8, 4) is 73.3 Å². The minimum absolute atomic E-state index is 0.149. The van der Waals surface area contributed by atoms with Gasteiger partial charge in [-0.2, -0.15) is 0 Å². The highest BCUT2D eigenvalue weighted by atomic mass is 16.5. The van der Waals surface area contributed by atoms with Gasteiger partial charge >= 0.3 is 0 Å². The van der Waals surface area contributed by atoms with E-state index in [0.29, 0.717) is 24.1 Å². The molecule has 0 saturated heterocycles. The lowest BCUT2D eigenvalue weighted by atomic mass is 9.82. The molecule has 0 bridgehead atoms. The maximum Gasteiger partial charge on any atom is 0.164 e. The summed E-state index contributed by atoms with van der Waals surface area (Å²) in [6, 6.07) is 48.8. The van der Waals surface area contributed by atoms with Crippen LogP contribution in [-0.2, 0) is 5.41 Å². The summed E-state index contributed by atoms with van der Waals surface area (Å²) in [5.74, 6) is 2.66. The van der Waals surface area contributed by atoms with Crippen molar-refractivity contribution >= 4 is 5.57 Å². The number of fused-ring (bicyclic) bond motifs is 4. The first kappa shape index (κ1) is 32.3. The van der Waals surface area contributed by atoms with Crippen LogP contribution in [0.25, 0.3) is 73.1 Å². The molecule has 0 saturated carbocycles. The average molecular weight is 684 g/mol. The molecule has 0 radical (unpaired) electrons. The van der Waals surface area contributed by atoms with Gasteiger partial charge in [-0.1, -0.05) is 154 Å². The van der Waals surface area contributed by atoms with E-state index >= 15 is 0 Å². The molecule has 4 nitrogen and oxygen atoms in total. The Morgan fingerprint density at radius 1 is 0.491 bits per heavy atom. The van der Waals surface area contributed by atoms with Crippen LogP contribution in [0.1, 0.15) is 30.5 Å². The fourth-order valence-electron chi connectivity index (χ4n) is 7.60. The molecule has 53 heavy (non-hydrogen) atoms. The zero-order valence-electron chi connectivity index (χ0n) is 29.8. The Labute approximate surface area is 310 Å². The van der Waals surface area contributed by atoms with Crippen LogP contribution in [0.2, 0.25) is 0 Å². The fraction of sp³-hybridized carbons (Fsp3) is 0.0816. The van der Waals surface area contributed by atoms with Gasteiger partial charge in [-0.05, 0) is 74.9 Å². The van der Waals surface area contributed by atoms with Gasteiger partial charge in [-0.15, -0.1) is 0 Å². The van der Waals surface area contributed by atoms with Crippen molar-refractivity contribution in [1.29, 1.82) is 0 Å². The molecule has 0 atom stereocenters. The van der Waals surface area contributed by atoms with E-state index in [2.05, 4.69) is 136 Å². The van der Waals surface area contributed by atoms with Crippen molar-refractivity contribution in [1.82, 2.24) is 15.0 Å². The van der Waals surface area contributed by atoms with Gasteiger partial charge in [0.25, 0.3) is 0 Å². The Balaban J connectivity index is 1.25. The molecule has 0 unspecified atom stereocenters. The Morgan fingerprint density at radius 3 is 1.89 bits per heavy atom. The molecular formula is C49H37N3O. The molecule has 0 spiro atoms. The molecule has 1 aliphatic heterocycles. The molecule has 0 N–H and O–H groups in total. The predicted octanol–water partition coefficient (Wildman–Crippen LogP) is 12.0. The van der Waals surface area contributed by atoms with Gasteiger partial charge in [-0.25, -0.2) is 15.0 Å². The predicted molar refractivity (Wildman–Crippen MR) is 217 cm³/mol. The molecule has 1 aliphatic carbocycles. The van der Waals surface area contributed by atoms with Crippen LogP contribution in [0.3, 0.4) is 0 Å². The van der Waals surface area contributed by atoms with Crippen LogP contribution < -0.4 is 4.74 Å². The van der Waals surface area contributed by atoms with E-state index in [4.69, 9.17) is 19.7 Å². The number of benzene rings is 6. The molecule has 1 aromatic heterocycles. The van der Waals surface area contributed by atoms with Gasteiger partial charge in [-0.3, -0.25) is 0 Å². The van der Waals surface area contributed by atoms with E-state index in [0.717, 1.165) is 55.8 Å². The monoisotopic (exact) mass is 683 g/mol. The lowest BCUT2D eigenvalue weighted by Gasteiger charge is -2.21. The summed E-state index contributed by atoms with van der Waals surface area (Å²) in [6.45, 7) is 9.40. The van der Waals surface area contributed by atoms with Crippen molar-refractivity contribution in [2.45, 2.75) is 19.3 Å². The summed E-state index contributed by atoms with van der Waals surface area (Å²) in [5, 5.41) is 0. The Bertz CT molecular complexity index is 2600. The maximum absolute atomic E-state index is 6.46. The zero-order chi connectivity index (χ0) is 35.9. The first-order valence-corrected chi connectivity index (χ1v) is 18.0. The van der Waals surface area contributed by atoms with Gasteiger partial charge in [0.15, 0.2) is 17.5 Å². The van der Waals surface area contributed by atoms with Crippen molar-refractivity contribution in [2.24, 2.45) is 0 Å². The maximum atomic E-state index is 6.46. The van der Waals surface area contributed by atoms with Crippen molar-refractivity contribution in [2.75, 3.05) is 6.61 Å². The summed E-state index contributed by atoms with van der Waals surface area (Å²) in [5.41, 5.74) is 13.8. The Morgan fingerprint density at radius 2 is 1.09 bits per heavy atom. The molecule has 2 heterocycles. The van der Waals surface area contributed by atoms with Crippen LogP contribution in [0.15, 0.2) is 170 Å². The molecular weight excluding hydrogens is 647 g/mol. The standard InChI is InChI=1S/C49H37N3O/c1-32-16-7-6-14-27-53-45-39(32)22-15-23-40(45)37-28-36(33-17-8-4-9-18-33)29-38(30-37)48-51-46(34-19-10-5-11-20-34)50-47(52-48)35-25-26-42-41-21-12-13-24-43(41)49(2,3)44(42)31-35/h4-26,28-31H,1,27H2,2-3H3/b14-6-,16-7-. The third kappa shape index (κ3) is 5.88. The number of ether oxygens (including phenoxy) is 1. The van der Waals surface area contributed by atoms with Gasteiger partial charge in [0, 0.05) is 33.2 Å². The quantitative estimate of drug-likeness (QED) is 0.181. The van der Waals surface area contributed by atoms with Crippen molar-refractivity contribution < 1.29 is 4.74 Å². The van der Waals surface area contributed by atoms with E-state index in [-0.39, 0.29) is 5.41 Å². The highest BCUT2D eigenvalue weighted by Crippen LogP contribution is 2.49. The molecule has 7 aromatic rings. The second kappa shape index (κ2) is 13.2. The topological polar surface area (TPSA) is 47.9 Å². The minimum atomic E-state index is -0.149. The summed E-state index contributed by atoms with van der Waals surface area (Å²) in [7, 11) is 0. The fourth-order valence-corrected chi connectivity index (χ4v) is 7.60. The average Bonchev–Trinajstić information content (AvgIpc) is 3.49. The number of hydrogen-bond acceptors (Lipinski definition) is 4. The normalized spacial score (nSPS) is 15.2. The van der Waals surface area contributed by atoms with E-state index in [9.17, 15) is 0 Å². The molecule has 0 amide bonds. The molecule has 0 fully saturated rings. The summed E-state index contributed by atoms with van der Waals surface area (Å²) >= 11 is 0. The second-order valence-electron chi connectivity index (χ2n) is 14.1. The van der Waals surface area contributed by atoms with Gasteiger partial charge in [0.05, 0.1) is 0 Å². The second-order valence-corrected chi connectivity index (χ2v) is 14.1. The third-order valence-electron chi connectivity index (χ3n) is 10.3. The van der Waals surface area contributed by atoms with Gasteiger partial charge < -0.3 is 4.74 Å². The number of hydrogen-bond donors (Lipinski definition) is 0. The third-order valence-corrected chi connectivity index (χ3v) is 10.3. The summed E-state index contributed by atoms with van der Waals surface area (Å²) < 4.78 is 6.46. The lowest BCUT2D eigenvalue weighted by Crippen LogP contribution is -2.15. The van der Waals surface area contributed by atoms with Crippen LogP contribution in [0.5, 0.6) is 5.75 Å². The number of nitrogens with zero attached hydrogens (tertiary/aromatic N) is 3. The largest absolute Gasteiger partial charge is 0.488 e. The number of allylic oxidation sites excluding steroid dienone is 4. The van der Waals surface area contributed by atoms with Crippen molar-refractivity contribution in [3.63, 3.8) is 0 Å². The molecule has 6 aromatic carbocycles. The number of rotatable bonds is 5. The van der Waals surface area contributed by atoms with Gasteiger partial charge in [0.1, 0.15) is 12.4 Å². The molecule has 254 valence electrons. The van der Waals surface area contributed by atoms with Crippen LogP contribution in [0, 0.1) is 0 Å². The van der Waals surface area contributed by atoms with E-state index < -0.39 is 0 Å². The van der Waals surface area contributed by atoms with Gasteiger partial charge in [0.2, 0.25) is 0 Å². The minimum Gasteiger partial charge on any atom is -0.488 e. The molecule has 2 aliphatic rings. The molecule has 4 heteroatoms. The summed E-state index contributed by atoms with van der Waals surface area (Å²) in [4.78, 5) is 15.5.